The van der Waals surface area contributed by atoms with Crippen molar-refractivity contribution in [2.75, 3.05) is 17.7 Å². The van der Waals surface area contributed by atoms with Crippen LogP contribution in [0.4, 0.5) is 5.69 Å². The van der Waals surface area contributed by atoms with Crippen LogP contribution in [0.2, 0.25) is 0 Å². The molecule has 0 saturated carbocycles. The van der Waals surface area contributed by atoms with Crippen LogP contribution < -0.4 is 10.1 Å². The van der Waals surface area contributed by atoms with Crippen LogP contribution in [0.15, 0.2) is 18.2 Å². The van der Waals surface area contributed by atoms with Gasteiger partial charge in [-0.3, -0.25) is 4.79 Å². The molecule has 1 fully saturated rings. The van der Waals surface area contributed by atoms with Gasteiger partial charge in [0, 0.05) is 16.6 Å². The summed E-state index contributed by atoms with van der Waals surface area (Å²) >= 11 is 5.21. The van der Waals surface area contributed by atoms with E-state index < -0.39 is 0 Å². The van der Waals surface area contributed by atoms with Crippen molar-refractivity contribution >= 4 is 39.3 Å². The van der Waals surface area contributed by atoms with Crippen molar-refractivity contribution in [2.45, 2.75) is 36.8 Å². The van der Waals surface area contributed by atoms with Crippen molar-refractivity contribution in [3.8, 4) is 5.75 Å². The van der Waals surface area contributed by atoms with E-state index in [-0.39, 0.29) is 10.7 Å². The van der Waals surface area contributed by atoms with Gasteiger partial charge in [-0.2, -0.15) is 0 Å². The number of anilines is 1. The molecule has 1 amide bonds. The lowest BCUT2D eigenvalue weighted by molar-refractivity contribution is -0.118. The number of rotatable bonds is 5. The number of amides is 1. The van der Waals surface area contributed by atoms with Crippen LogP contribution in [0.1, 0.15) is 32.3 Å². The largest absolute Gasteiger partial charge is 0.494 e. The van der Waals surface area contributed by atoms with Gasteiger partial charge in [0.2, 0.25) is 5.91 Å². The normalized spacial score (nSPS) is 21.8. The van der Waals surface area contributed by atoms with Gasteiger partial charge in [-0.15, -0.1) is 11.8 Å². The zero-order valence-electron chi connectivity index (χ0n) is 11.9. The molecule has 110 valence electrons. The first-order chi connectivity index (χ1) is 9.59. The Bertz CT molecular complexity index is 487. The number of ether oxygens (including phenoxy) is 1. The Morgan fingerprint density at radius 2 is 2.35 bits per heavy atom. The maximum absolute atomic E-state index is 12.4. The Morgan fingerprint density at radius 1 is 1.55 bits per heavy atom. The summed E-state index contributed by atoms with van der Waals surface area (Å²) in [7, 11) is 0. The number of alkyl halides is 1. The van der Waals surface area contributed by atoms with Crippen molar-refractivity contribution in [3.63, 3.8) is 0 Å². The fourth-order valence-electron chi connectivity index (χ4n) is 2.28. The van der Waals surface area contributed by atoms with E-state index in [1.165, 1.54) is 0 Å². The molecule has 1 aromatic carbocycles. The summed E-state index contributed by atoms with van der Waals surface area (Å²) in [6.07, 6.45) is 2.07. The Hall–Kier alpha value is -0.680. The molecule has 2 rings (SSSR count). The van der Waals surface area contributed by atoms with Crippen LogP contribution in [0.3, 0.4) is 0 Å². The molecule has 1 unspecified atom stereocenters. The Labute approximate surface area is 133 Å². The molecule has 20 heavy (non-hydrogen) atoms. The first kappa shape index (κ1) is 15.7. The summed E-state index contributed by atoms with van der Waals surface area (Å²) in [5.74, 6) is 2.04. The van der Waals surface area contributed by atoms with E-state index in [0.29, 0.717) is 11.9 Å². The number of benzene rings is 1. The topological polar surface area (TPSA) is 38.3 Å². The molecule has 5 heteroatoms. The van der Waals surface area contributed by atoms with Crippen LogP contribution in [0.5, 0.6) is 5.75 Å². The van der Waals surface area contributed by atoms with Gasteiger partial charge in [0.1, 0.15) is 5.75 Å². The number of thioether (sulfide) groups is 1. The van der Waals surface area contributed by atoms with Gasteiger partial charge in [0.25, 0.3) is 0 Å². The van der Waals surface area contributed by atoms with Gasteiger partial charge in [-0.1, -0.05) is 15.9 Å². The second-order valence-electron chi connectivity index (χ2n) is 5.03. The van der Waals surface area contributed by atoms with Crippen LogP contribution in [0.25, 0.3) is 0 Å². The fourth-order valence-corrected chi connectivity index (χ4v) is 3.93. The lowest BCUT2D eigenvalue weighted by atomic mass is 10.0. The summed E-state index contributed by atoms with van der Waals surface area (Å²) in [6, 6.07) is 5.79. The minimum Gasteiger partial charge on any atom is -0.494 e. The zero-order valence-corrected chi connectivity index (χ0v) is 14.3. The third-order valence-electron chi connectivity index (χ3n) is 3.46. The quantitative estimate of drug-likeness (QED) is 0.802. The first-order valence-corrected chi connectivity index (χ1v) is 8.97. The number of carbonyl (C=O) groups excluding carboxylic acids is 1. The molecule has 0 aliphatic carbocycles. The van der Waals surface area contributed by atoms with Crippen LogP contribution in [-0.2, 0) is 10.1 Å². The van der Waals surface area contributed by atoms with Gasteiger partial charge < -0.3 is 10.1 Å². The Balaban J connectivity index is 2.11. The average Bonchev–Trinajstić information content (AvgIpc) is 2.89. The van der Waals surface area contributed by atoms with Crippen molar-refractivity contribution in [2.24, 2.45) is 0 Å². The maximum atomic E-state index is 12.4. The Morgan fingerprint density at radius 3 is 2.95 bits per heavy atom. The highest BCUT2D eigenvalue weighted by Crippen LogP contribution is 2.38. The first-order valence-electron chi connectivity index (χ1n) is 6.86. The van der Waals surface area contributed by atoms with Gasteiger partial charge in [-0.05, 0) is 50.6 Å². The molecular weight excluding hydrogens is 338 g/mol. The monoisotopic (exact) mass is 357 g/mol. The molecule has 3 nitrogen and oxygen atoms in total. The highest BCUT2D eigenvalue weighted by Gasteiger charge is 2.37. The van der Waals surface area contributed by atoms with E-state index in [4.69, 9.17) is 4.74 Å². The van der Waals surface area contributed by atoms with E-state index >= 15 is 0 Å². The van der Waals surface area contributed by atoms with Crippen molar-refractivity contribution in [1.82, 2.24) is 0 Å². The molecule has 1 heterocycles. The van der Waals surface area contributed by atoms with Gasteiger partial charge >= 0.3 is 0 Å². The van der Waals surface area contributed by atoms with E-state index in [2.05, 4.69) is 21.2 Å². The predicted molar refractivity (Wildman–Crippen MR) is 89.0 cm³/mol. The van der Waals surface area contributed by atoms with Crippen LogP contribution in [-0.4, -0.2) is 23.0 Å². The number of nitrogens with one attached hydrogen (secondary N) is 1. The molecule has 0 aromatic heterocycles. The summed E-state index contributed by atoms with van der Waals surface area (Å²) in [5.41, 5.74) is 1.88. The highest BCUT2D eigenvalue weighted by atomic mass is 79.9. The number of hydrogen-bond donors (Lipinski definition) is 1. The zero-order chi connectivity index (χ0) is 14.6. The van der Waals surface area contributed by atoms with Crippen molar-refractivity contribution < 1.29 is 9.53 Å². The molecule has 1 aliphatic rings. The summed E-state index contributed by atoms with van der Waals surface area (Å²) in [5, 5.41) is 3.74. The van der Waals surface area contributed by atoms with Gasteiger partial charge in [0.05, 0.1) is 11.4 Å². The SMILES string of the molecule is CCOc1ccc(NC(=O)C2(C)CCCS2)cc1CBr. The smallest absolute Gasteiger partial charge is 0.240 e. The molecule has 1 N–H and O–H groups in total. The lowest BCUT2D eigenvalue weighted by Gasteiger charge is -2.22. The average molecular weight is 358 g/mol. The van der Waals surface area contributed by atoms with Gasteiger partial charge in [-0.25, -0.2) is 0 Å². The van der Waals surface area contributed by atoms with Crippen molar-refractivity contribution in [3.05, 3.63) is 23.8 Å². The number of hydrogen-bond acceptors (Lipinski definition) is 3. The van der Waals surface area contributed by atoms with E-state index in [9.17, 15) is 4.79 Å². The summed E-state index contributed by atoms with van der Waals surface area (Å²) in [4.78, 5) is 12.4. The molecule has 0 spiro atoms. The van der Waals surface area contributed by atoms with E-state index in [1.807, 2.05) is 32.0 Å². The van der Waals surface area contributed by atoms with Crippen LogP contribution in [0, 0.1) is 0 Å². The van der Waals surface area contributed by atoms with Gasteiger partial charge in [0.15, 0.2) is 0 Å². The minimum atomic E-state index is -0.285. The van der Waals surface area contributed by atoms with E-state index in [1.54, 1.807) is 11.8 Å². The Kier molecular flexibility index (Phi) is 5.38. The minimum absolute atomic E-state index is 0.102. The standard InChI is InChI=1S/C15H20BrNO2S/c1-3-19-13-6-5-12(9-11(13)10-16)17-14(18)15(2)7-4-8-20-15/h5-6,9H,3-4,7-8,10H2,1-2H3,(H,17,18). The summed E-state index contributed by atoms with van der Waals surface area (Å²) < 4.78 is 5.28. The number of halogens is 1. The molecule has 1 atom stereocenters. The molecule has 0 bridgehead atoms. The number of carbonyl (C=O) groups is 1. The lowest BCUT2D eigenvalue weighted by Crippen LogP contribution is -2.34. The van der Waals surface area contributed by atoms with Crippen LogP contribution >= 0.6 is 27.7 Å². The second-order valence-corrected chi connectivity index (χ2v) is 7.18. The molecule has 1 saturated heterocycles. The third-order valence-corrected chi connectivity index (χ3v) is 5.58. The van der Waals surface area contributed by atoms with E-state index in [0.717, 1.165) is 35.6 Å². The summed E-state index contributed by atoms with van der Waals surface area (Å²) in [6.45, 7) is 4.63. The second kappa shape index (κ2) is 6.85. The maximum Gasteiger partial charge on any atom is 0.240 e. The molecule has 1 aliphatic heterocycles. The highest BCUT2D eigenvalue weighted by molar-refractivity contribution is 9.08. The molecular formula is C15H20BrNO2S. The third kappa shape index (κ3) is 3.50. The predicted octanol–water partition coefficient (Wildman–Crippen LogP) is 4.20. The molecule has 0 radical (unpaired) electrons. The molecule has 1 aromatic rings. The van der Waals surface area contributed by atoms with Crippen molar-refractivity contribution in [1.29, 1.82) is 0 Å². The fraction of sp³-hybridized carbons (Fsp3) is 0.533.